The molecule has 0 unspecified atom stereocenters. The lowest BCUT2D eigenvalue weighted by molar-refractivity contribution is -0.483. The molecule has 1 heterocycles. The van der Waals surface area contributed by atoms with Gasteiger partial charge >= 0.3 is 0 Å². The Morgan fingerprint density at radius 3 is 2.36 bits per heavy atom. The van der Waals surface area contributed by atoms with Crippen molar-refractivity contribution in [3.63, 3.8) is 0 Å². The van der Waals surface area contributed by atoms with Crippen LogP contribution in [0.3, 0.4) is 0 Å². The Hall–Kier alpha value is -1.42. The van der Waals surface area contributed by atoms with Gasteiger partial charge in [-0.2, -0.15) is 0 Å². The lowest BCUT2D eigenvalue weighted by atomic mass is 9.90. The normalized spacial score (nSPS) is 24.1. The first-order valence-electron chi connectivity index (χ1n) is 8.34. The summed E-state index contributed by atoms with van der Waals surface area (Å²) in [6.07, 6.45) is 2.16. The highest BCUT2D eigenvalue weighted by atomic mass is 16.6. The minimum absolute atomic E-state index is 0.0168. The Bertz CT molecular complexity index is 476. The fourth-order valence-electron chi connectivity index (χ4n) is 3.69. The summed E-state index contributed by atoms with van der Waals surface area (Å²) in [5.74, 6) is 1.48. The van der Waals surface area contributed by atoms with Gasteiger partial charge in [-0.05, 0) is 43.7 Å². The van der Waals surface area contributed by atoms with Crippen molar-refractivity contribution in [2.75, 3.05) is 26.2 Å². The number of nitro groups is 1. The second-order valence-corrected chi connectivity index (χ2v) is 7.12. The average Bonchev–Trinajstić information content (AvgIpc) is 2.43. The molecule has 0 saturated carbocycles. The molecule has 2 rings (SSSR count). The first kappa shape index (κ1) is 16.9. The molecule has 0 bridgehead atoms. The maximum absolute atomic E-state index is 11.0. The lowest BCUT2D eigenvalue weighted by Gasteiger charge is -2.35. The number of piperidine rings is 1. The van der Waals surface area contributed by atoms with E-state index in [1.807, 2.05) is 31.2 Å². The van der Waals surface area contributed by atoms with E-state index in [4.69, 9.17) is 0 Å². The van der Waals surface area contributed by atoms with E-state index in [1.165, 1.54) is 12.0 Å². The van der Waals surface area contributed by atoms with Gasteiger partial charge in [0.1, 0.15) is 0 Å². The zero-order chi connectivity index (χ0) is 16.1. The van der Waals surface area contributed by atoms with Gasteiger partial charge in [0, 0.05) is 23.9 Å². The zero-order valence-electron chi connectivity index (χ0n) is 14.0. The maximum atomic E-state index is 11.0. The van der Waals surface area contributed by atoms with Gasteiger partial charge in [0.25, 0.3) is 0 Å². The summed E-state index contributed by atoms with van der Waals surface area (Å²) in [6, 6.07) is 8.19. The third-order valence-electron chi connectivity index (χ3n) is 4.66. The molecule has 4 nitrogen and oxygen atoms in total. The van der Waals surface area contributed by atoms with Crippen LogP contribution in [0.2, 0.25) is 0 Å². The molecule has 0 aromatic heterocycles. The summed E-state index contributed by atoms with van der Waals surface area (Å²) in [6.45, 7) is 9.90. The van der Waals surface area contributed by atoms with Gasteiger partial charge < -0.3 is 4.90 Å². The number of hydrogen-bond donors (Lipinski definition) is 0. The number of rotatable bonds is 6. The Morgan fingerprint density at radius 1 is 1.23 bits per heavy atom. The number of hydrogen-bond acceptors (Lipinski definition) is 3. The van der Waals surface area contributed by atoms with Crippen LogP contribution in [0, 0.1) is 28.9 Å². The van der Waals surface area contributed by atoms with Gasteiger partial charge in [0.05, 0.1) is 0 Å². The van der Waals surface area contributed by atoms with E-state index in [9.17, 15) is 10.1 Å². The van der Waals surface area contributed by atoms with Crippen LogP contribution in [0.4, 0.5) is 0 Å². The highest BCUT2D eigenvalue weighted by Gasteiger charge is 2.24. The minimum atomic E-state index is -0.175. The standard InChI is InChI=1S/C18H28N2O2/c1-14-4-6-17(7-5-14)18(13-20(21)22)8-9-19-11-15(2)10-16(3)12-19/h4-7,15-16,18H,8-13H2,1-3H3/t15-,16-,18-/m0/s1. The molecule has 1 aromatic carbocycles. The SMILES string of the molecule is Cc1ccc([C@@H](CCN2C[C@@H](C)C[C@H](C)C2)C[N+](=O)[O-])cc1. The number of aryl methyl sites for hydroxylation is 1. The molecule has 1 aromatic rings. The highest BCUT2D eigenvalue weighted by Crippen LogP contribution is 2.25. The molecule has 0 aliphatic carbocycles. The summed E-state index contributed by atoms with van der Waals surface area (Å²) < 4.78 is 0. The van der Waals surface area contributed by atoms with E-state index >= 15 is 0 Å². The Morgan fingerprint density at radius 2 is 1.82 bits per heavy atom. The predicted octanol–water partition coefficient (Wildman–Crippen LogP) is 3.72. The summed E-state index contributed by atoms with van der Waals surface area (Å²) in [7, 11) is 0. The first-order chi connectivity index (χ1) is 10.4. The largest absolute Gasteiger partial charge is 0.303 e. The van der Waals surface area contributed by atoms with Crippen LogP contribution >= 0.6 is 0 Å². The van der Waals surface area contributed by atoms with Crippen molar-refractivity contribution >= 4 is 0 Å². The van der Waals surface area contributed by atoms with Crippen LogP contribution in [0.1, 0.15) is 43.7 Å². The summed E-state index contributed by atoms with van der Waals surface area (Å²) >= 11 is 0. The van der Waals surface area contributed by atoms with Crippen LogP contribution < -0.4 is 0 Å². The molecule has 0 N–H and O–H groups in total. The summed E-state index contributed by atoms with van der Waals surface area (Å²) in [5.41, 5.74) is 2.29. The van der Waals surface area contributed by atoms with E-state index in [0.29, 0.717) is 0 Å². The molecule has 0 spiro atoms. The monoisotopic (exact) mass is 304 g/mol. The van der Waals surface area contributed by atoms with Gasteiger partial charge in [-0.1, -0.05) is 43.7 Å². The summed E-state index contributed by atoms with van der Waals surface area (Å²) in [5, 5.41) is 11.0. The van der Waals surface area contributed by atoms with E-state index < -0.39 is 0 Å². The molecule has 3 atom stereocenters. The average molecular weight is 304 g/mol. The molecule has 1 aliphatic heterocycles. The third-order valence-corrected chi connectivity index (χ3v) is 4.66. The second kappa shape index (κ2) is 7.73. The van der Waals surface area contributed by atoms with E-state index in [-0.39, 0.29) is 17.4 Å². The van der Waals surface area contributed by atoms with Crippen molar-refractivity contribution < 1.29 is 4.92 Å². The van der Waals surface area contributed by atoms with E-state index in [0.717, 1.165) is 43.5 Å². The van der Waals surface area contributed by atoms with Crippen molar-refractivity contribution in [1.29, 1.82) is 0 Å². The molecule has 1 fully saturated rings. The van der Waals surface area contributed by atoms with Gasteiger partial charge in [-0.3, -0.25) is 10.1 Å². The van der Waals surface area contributed by atoms with Crippen LogP contribution in [0.15, 0.2) is 24.3 Å². The quantitative estimate of drug-likeness (QED) is 0.594. The van der Waals surface area contributed by atoms with Crippen molar-refractivity contribution in [2.45, 2.75) is 39.5 Å². The smallest absolute Gasteiger partial charge is 0.210 e. The number of benzene rings is 1. The van der Waals surface area contributed by atoms with Crippen molar-refractivity contribution in [3.05, 3.63) is 45.5 Å². The highest BCUT2D eigenvalue weighted by molar-refractivity contribution is 5.24. The van der Waals surface area contributed by atoms with Crippen LogP contribution in [0.5, 0.6) is 0 Å². The van der Waals surface area contributed by atoms with Crippen molar-refractivity contribution in [1.82, 2.24) is 4.90 Å². The number of likely N-dealkylation sites (tertiary alicyclic amines) is 1. The first-order valence-corrected chi connectivity index (χ1v) is 8.34. The molecule has 122 valence electrons. The van der Waals surface area contributed by atoms with Crippen molar-refractivity contribution in [2.24, 2.45) is 11.8 Å². The van der Waals surface area contributed by atoms with Gasteiger partial charge in [-0.15, -0.1) is 0 Å². The van der Waals surface area contributed by atoms with Crippen LogP contribution in [0.25, 0.3) is 0 Å². The molecule has 0 amide bonds. The Balaban J connectivity index is 1.97. The molecule has 1 saturated heterocycles. The lowest BCUT2D eigenvalue weighted by Crippen LogP contribution is -2.39. The predicted molar refractivity (Wildman–Crippen MR) is 89.8 cm³/mol. The van der Waals surface area contributed by atoms with Crippen LogP contribution in [-0.2, 0) is 0 Å². The van der Waals surface area contributed by atoms with E-state index in [2.05, 4.69) is 18.7 Å². The molecular weight excluding hydrogens is 276 g/mol. The molecular formula is C18H28N2O2. The summed E-state index contributed by atoms with van der Waals surface area (Å²) in [4.78, 5) is 13.3. The van der Waals surface area contributed by atoms with Crippen LogP contribution in [-0.4, -0.2) is 36.0 Å². The second-order valence-electron chi connectivity index (χ2n) is 7.12. The molecule has 1 aliphatic rings. The van der Waals surface area contributed by atoms with Gasteiger partial charge in [0.2, 0.25) is 6.54 Å². The molecule has 0 radical (unpaired) electrons. The Labute approximate surface area is 133 Å². The fourth-order valence-corrected chi connectivity index (χ4v) is 3.69. The molecule has 22 heavy (non-hydrogen) atoms. The maximum Gasteiger partial charge on any atom is 0.210 e. The number of nitrogens with zero attached hydrogens (tertiary/aromatic N) is 2. The topological polar surface area (TPSA) is 46.4 Å². The van der Waals surface area contributed by atoms with Gasteiger partial charge in [0.15, 0.2) is 0 Å². The van der Waals surface area contributed by atoms with Crippen molar-refractivity contribution in [3.8, 4) is 0 Å². The Kier molecular flexibility index (Phi) is 5.95. The molecule has 4 heteroatoms. The third kappa shape index (κ3) is 5.09. The van der Waals surface area contributed by atoms with Gasteiger partial charge in [-0.25, -0.2) is 0 Å². The van der Waals surface area contributed by atoms with E-state index in [1.54, 1.807) is 0 Å². The zero-order valence-corrected chi connectivity index (χ0v) is 14.0. The fraction of sp³-hybridized carbons (Fsp3) is 0.667. The minimum Gasteiger partial charge on any atom is -0.303 e.